The molecule has 126 valence electrons. The lowest BCUT2D eigenvalue weighted by atomic mass is 10.3. The molecule has 0 aliphatic rings. The van der Waals surface area contributed by atoms with Gasteiger partial charge in [-0.2, -0.15) is 0 Å². The van der Waals surface area contributed by atoms with Crippen molar-refractivity contribution in [3.8, 4) is 5.75 Å². The molecule has 1 N–H and O–H groups in total. The Bertz CT molecular complexity index is 530. The van der Waals surface area contributed by atoms with Gasteiger partial charge in [0.05, 0.1) is 5.75 Å². The lowest BCUT2D eigenvalue weighted by molar-refractivity contribution is 0.232. The minimum Gasteiger partial charge on any atom is -0.492 e. The van der Waals surface area contributed by atoms with Crippen molar-refractivity contribution in [1.82, 2.24) is 9.62 Å². The summed E-state index contributed by atoms with van der Waals surface area (Å²) in [5.41, 5.74) is 0. The van der Waals surface area contributed by atoms with E-state index in [4.69, 9.17) is 4.74 Å². The molecule has 0 aliphatic heterocycles. The number of nitrogens with zero attached hydrogens (tertiary/aromatic N) is 1. The number of halogens is 1. The van der Waals surface area contributed by atoms with Gasteiger partial charge in [-0.3, -0.25) is 4.90 Å². The average Bonchev–Trinajstić information content (AvgIpc) is 2.48. The average molecular weight is 332 g/mol. The van der Waals surface area contributed by atoms with Crippen LogP contribution in [-0.2, 0) is 10.0 Å². The van der Waals surface area contributed by atoms with E-state index in [1.54, 1.807) is 0 Å². The number of hydrogen-bond donors (Lipinski definition) is 1. The Hall–Kier alpha value is -1.18. The molecule has 0 bridgehead atoms. The predicted octanol–water partition coefficient (Wildman–Crippen LogP) is 1.85. The Balaban J connectivity index is 2.36. The third-order valence-corrected chi connectivity index (χ3v) is 4.78. The Morgan fingerprint density at radius 1 is 1.23 bits per heavy atom. The Morgan fingerprint density at radius 2 is 1.82 bits per heavy atom. The zero-order chi connectivity index (χ0) is 16.6. The second-order valence-electron chi connectivity index (χ2n) is 5.04. The first-order valence-corrected chi connectivity index (χ1v) is 9.13. The van der Waals surface area contributed by atoms with Gasteiger partial charge in [-0.05, 0) is 44.3 Å². The van der Waals surface area contributed by atoms with Crippen molar-refractivity contribution in [2.45, 2.75) is 26.8 Å². The summed E-state index contributed by atoms with van der Waals surface area (Å²) in [6, 6.07) is 5.62. The molecule has 1 aromatic carbocycles. The first kappa shape index (κ1) is 18.9. The Morgan fingerprint density at radius 3 is 2.36 bits per heavy atom. The molecule has 1 atom stereocenters. The fourth-order valence-corrected chi connectivity index (χ4v) is 3.04. The van der Waals surface area contributed by atoms with E-state index in [2.05, 4.69) is 9.62 Å². The highest BCUT2D eigenvalue weighted by molar-refractivity contribution is 7.89. The fourth-order valence-electron chi connectivity index (χ4n) is 2.10. The number of benzene rings is 1. The molecule has 0 spiro atoms. The molecule has 0 radical (unpaired) electrons. The van der Waals surface area contributed by atoms with Crippen molar-refractivity contribution in [2.75, 3.05) is 32.0 Å². The highest BCUT2D eigenvalue weighted by atomic mass is 32.2. The van der Waals surface area contributed by atoms with Gasteiger partial charge >= 0.3 is 0 Å². The molecule has 1 rings (SSSR count). The van der Waals surface area contributed by atoms with Crippen molar-refractivity contribution in [3.05, 3.63) is 30.1 Å². The standard InChI is InChI=1S/C15H25FN2O3S/c1-4-18(5-2)13(3)12-17-22(19,20)11-10-21-15-8-6-14(16)7-9-15/h6-9,13,17H,4-5,10-12H2,1-3H3. The lowest BCUT2D eigenvalue weighted by Crippen LogP contribution is -2.42. The summed E-state index contributed by atoms with van der Waals surface area (Å²) in [6.07, 6.45) is 0. The minimum absolute atomic E-state index is 0.0284. The molecule has 0 aromatic heterocycles. The largest absolute Gasteiger partial charge is 0.492 e. The highest BCUT2D eigenvalue weighted by Crippen LogP contribution is 2.10. The van der Waals surface area contributed by atoms with Crippen LogP contribution in [0.5, 0.6) is 5.75 Å². The fraction of sp³-hybridized carbons (Fsp3) is 0.600. The van der Waals surface area contributed by atoms with Crippen LogP contribution in [0.4, 0.5) is 4.39 Å². The van der Waals surface area contributed by atoms with E-state index in [0.717, 1.165) is 13.1 Å². The van der Waals surface area contributed by atoms with Crippen LogP contribution in [0.25, 0.3) is 0 Å². The van der Waals surface area contributed by atoms with Crippen LogP contribution in [0, 0.1) is 5.82 Å². The quantitative estimate of drug-likeness (QED) is 0.710. The van der Waals surface area contributed by atoms with Gasteiger partial charge in [0.2, 0.25) is 10.0 Å². The molecule has 0 amide bonds. The summed E-state index contributed by atoms with van der Waals surface area (Å²) in [5, 5.41) is 0. The van der Waals surface area contributed by atoms with Crippen LogP contribution in [-0.4, -0.2) is 51.4 Å². The van der Waals surface area contributed by atoms with Gasteiger partial charge in [0.15, 0.2) is 0 Å². The van der Waals surface area contributed by atoms with Crippen LogP contribution >= 0.6 is 0 Å². The van der Waals surface area contributed by atoms with E-state index in [1.165, 1.54) is 24.3 Å². The first-order chi connectivity index (χ1) is 10.4. The van der Waals surface area contributed by atoms with Gasteiger partial charge in [-0.25, -0.2) is 17.5 Å². The first-order valence-electron chi connectivity index (χ1n) is 7.47. The zero-order valence-electron chi connectivity index (χ0n) is 13.4. The van der Waals surface area contributed by atoms with Crippen molar-refractivity contribution >= 4 is 10.0 Å². The van der Waals surface area contributed by atoms with E-state index >= 15 is 0 Å². The van der Waals surface area contributed by atoms with Crippen LogP contribution in [0.2, 0.25) is 0 Å². The van der Waals surface area contributed by atoms with E-state index in [0.29, 0.717) is 12.3 Å². The molecular formula is C15H25FN2O3S. The van der Waals surface area contributed by atoms with Crippen LogP contribution in [0.3, 0.4) is 0 Å². The Labute approximate surface area is 132 Å². The van der Waals surface area contributed by atoms with Gasteiger partial charge in [-0.1, -0.05) is 13.8 Å². The SMILES string of the molecule is CCN(CC)C(C)CNS(=O)(=O)CCOc1ccc(F)cc1. The van der Waals surface area contributed by atoms with Crippen LogP contribution in [0.1, 0.15) is 20.8 Å². The summed E-state index contributed by atoms with van der Waals surface area (Å²) in [7, 11) is -3.38. The maximum absolute atomic E-state index is 12.7. The van der Waals surface area contributed by atoms with Crippen LogP contribution < -0.4 is 9.46 Å². The number of nitrogens with one attached hydrogen (secondary N) is 1. The van der Waals surface area contributed by atoms with Gasteiger partial charge < -0.3 is 4.74 Å². The number of hydrogen-bond acceptors (Lipinski definition) is 4. The van der Waals surface area contributed by atoms with E-state index in [1.807, 2.05) is 20.8 Å². The summed E-state index contributed by atoms with van der Waals surface area (Å²) in [6.45, 7) is 8.25. The summed E-state index contributed by atoms with van der Waals surface area (Å²) in [5.74, 6) is -0.0323. The van der Waals surface area contributed by atoms with E-state index in [9.17, 15) is 12.8 Å². The van der Waals surface area contributed by atoms with Gasteiger partial charge in [0, 0.05) is 12.6 Å². The van der Waals surface area contributed by atoms with E-state index < -0.39 is 10.0 Å². The molecule has 0 saturated carbocycles. The summed E-state index contributed by atoms with van der Waals surface area (Å²) in [4.78, 5) is 2.18. The third-order valence-electron chi connectivity index (χ3n) is 3.47. The zero-order valence-corrected chi connectivity index (χ0v) is 14.2. The molecule has 7 heteroatoms. The second kappa shape index (κ2) is 9.07. The van der Waals surface area contributed by atoms with Gasteiger partial charge in [0.25, 0.3) is 0 Å². The van der Waals surface area contributed by atoms with E-state index in [-0.39, 0.29) is 24.2 Å². The highest BCUT2D eigenvalue weighted by Gasteiger charge is 2.15. The maximum atomic E-state index is 12.7. The van der Waals surface area contributed by atoms with Gasteiger partial charge in [-0.15, -0.1) is 0 Å². The maximum Gasteiger partial charge on any atom is 0.215 e. The molecule has 0 saturated heterocycles. The van der Waals surface area contributed by atoms with Crippen molar-refractivity contribution in [2.24, 2.45) is 0 Å². The van der Waals surface area contributed by atoms with Gasteiger partial charge in [0.1, 0.15) is 18.2 Å². The Kier molecular flexibility index (Phi) is 7.78. The predicted molar refractivity (Wildman–Crippen MR) is 86.1 cm³/mol. The molecule has 1 aromatic rings. The molecule has 5 nitrogen and oxygen atoms in total. The third kappa shape index (κ3) is 6.72. The summed E-state index contributed by atoms with van der Waals surface area (Å²) >= 11 is 0. The molecule has 0 heterocycles. The minimum atomic E-state index is -3.38. The van der Waals surface area contributed by atoms with Crippen molar-refractivity contribution < 1.29 is 17.5 Å². The number of rotatable bonds is 10. The molecule has 0 aliphatic carbocycles. The second-order valence-corrected chi connectivity index (χ2v) is 6.97. The van der Waals surface area contributed by atoms with Crippen molar-refractivity contribution in [1.29, 1.82) is 0 Å². The van der Waals surface area contributed by atoms with Crippen molar-refractivity contribution in [3.63, 3.8) is 0 Å². The normalized spacial score (nSPS) is 13.3. The smallest absolute Gasteiger partial charge is 0.215 e. The topological polar surface area (TPSA) is 58.6 Å². The van der Waals surface area contributed by atoms with Crippen LogP contribution in [0.15, 0.2) is 24.3 Å². The molecule has 22 heavy (non-hydrogen) atoms. The monoisotopic (exact) mass is 332 g/mol. The lowest BCUT2D eigenvalue weighted by Gasteiger charge is -2.26. The molecular weight excluding hydrogens is 307 g/mol. The molecule has 0 fully saturated rings. The number of ether oxygens (including phenoxy) is 1. The summed E-state index contributed by atoms with van der Waals surface area (Å²) < 4.78 is 44.4. The number of likely N-dealkylation sites (N-methyl/N-ethyl adjacent to an activating group) is 1. The number of sulfonamides is 1. The molecule has 1 unspecified atom stereocenters.